The summed E-state index contributed by atoms with van der Waals surface area (Å²) >= 11 is 0. The number of rotatable bonds is 1. The highest BCUT2D eigenvalue weighted by atomic mass is 19.2. The van der Waals surface area contributed by atoms with Gasteiger partial charge in [0, 0.05) is 11.5 Å². The van der Waals surface area contributed by atoms with Crippen LogP contribution in [0.1, 0.15) is 12.5 Å². The molecule has 0 aliphatic carbocycles. The molecule has 0 saturated carbocycles. The Hall–Kier alpha value is -1.45. The summed E-state index contributed by atoms with van der Waals surface area (Å²) in [4.78, 5) is 4.87. The molecule has 74 valence electrons. The third kappa shape index (κ3) is 1.47. The fourth-order valence-electron chi connectivity index (χ4n) is 1.38. The fourth-order valence-corrected chi connectivity index (χ4v) is 1.38. The Morgan fingerprint density at radius 1 is 1.36 bits per heavy atom. The van der Waals surface area contributed by atoms with E-state index in [4.69, 9.17) is 4.84 Å². The molecule has 2 nitrogen and oxygen atoms in total. The van der Waals surface area contributed by atoms with Crippen LogP contribution in [0.3, 0.4) is 0 Å². The first-order valence-electron chi connectivity index (χ1n) is 4.34. The minimum Gasteiger partial charge on any atom is -0.395 e. The highest BCUT2D eigenvalue weighted by Gasteiger charge is 2.20. The minimum absolute atomic E-state index is 0.125. The third-order valence-electron chi connectivity index (χ3n) is 2.17. The fraction of sp³-hybridized carbons (Fsp3) is 0.300. The Kier molecular flexibility index (Phi) is 2.19. The molecule has 0 fully saturated rings. The largest absolute Gasteiger partial charge is 0.395 e. The second kappa shape index (κ2) is 3.36. The van der Waals surface area contributed by atoms with Gasteiger partial charge in [0.25, 0.3) is 0 Å². The second-order valence-electron chi connectivity index (χ2n) is 3.30. The van der Waals surface area contributed by atoms with Gasteiger partial charge in [-0.05, 0) is 18.2 Å². The molecule has 0 amide bonds. The first kappa shape index (κ1) is 9.12. The lowest BCUT2D eigenvalue weighted by Gasteiger charge is -2.03. The zero-order valence-electron chi connectivity index (χ0n) is 7.63. The molecule has 4 heteroatoms. The van der Waals surface area contributed by atoms with Crippen LogP contribution in [0.25, 0.3) is 0 Å². The van der Waals surface area contributed by atoms with Gasteiger partial charge in [0.1, 0.15) is 6.61 Å². The molecule has 0 spiro atoms. The van der Waals surface area contributed by atoms with Crippen molar-refractivity contribution in [1.29, 1.82) is 0 Å². The Balaban J connectivity index is 2.37. The van der Waals surface area contributed by atoms with E-state index in [1.165, 1.54) is 6.07 Å². The van der Waals surface area contributed by atoms with E-state index >= 15 is 0 Å². The topological polar surface area (TPSA) is 21.6 Å². The first-order chi connectivity index (χ1) is 6.68. The Labute approximate surface area is 80.2 Å². The molecule has 1 aliphatic heterocycles. The SMILES string of the molecule is CC1CON=C1c1ccc(F)c(F)c1. The van der Waals surface area contributed by atoms with Crippen molar-refractivity contribution in [2.24, 2.45) is 11.1 Å². The molecule has 0 aromatic heterocycles. The Morgan fingerprint density at radius 3 is 2.71 bits per heavy atom. The molecule has 0 saturated heterocycles. The normalized spacial score (nSPS) is 20.5. The molecular weight excluding hydrogens is 188 g/mol. The average molecular weight is 197 g/mol. The molecule has 1 aliphatic rings. The molecule has 0 N–H and O–H groups in total. The van der Waals surface area contributed by atoms with Gasteiger partial charge in [-0.15, -0.1) is 0 Å². The van der Waals surface area contributed by atoms with Crippen LogP contribution in [0, 0.1) is 17.6 Å². The lowest BCUT2D eigenvalue weighted by molar-refractivity contribution is 0.158. The molecule has 1 aromatic rings. The van der Waals surface area contributed by atoms with Crippen LogP contribution in [0.4, 0.5) is 8.78 Å². The lowest BCUT2D eigenvalue weighted by atomic mass is 10.00. The molecule has 1 unspecified atom stereocenters. The van der Waals surface area contributed by atoms with Crippen molar-refractivity contribution in [3.8, 4) is 0 Å². The van der Waals surface area contributed by atoms with Gasteiger partial charge in [0.15, 0.2) is 11.6 Å². The van der Waals surface area contributed by atoms with Gasteiger partial charge in [0.05, 0.1) is 5.71 Å². The van der Waals surface area contributed by atoms with Crippen molar-refractivity contribution in [3.63, 3.8) is 0 Å². The molecule has 2 rings (SSSR count). The van der Waals surface area contributed by atoms with Crippen molar-refractivity contribution < 1.29 is 13.6 Å². The molecule has 0 bridgehead atoms. The average Bonchev–Trinajstić information content (AvgIpc) is 2.57. The van der Waals surface area contributed by atoms with E-state index in [1.807, 2.05) is 6.92 Å². The summed E-state index contributed by atoms with van der Waals surface area (Å²) in [6, 6.07) is 3.74. The van der Waals surface area contributed by atoms with Crippen molar-refractivity contribution in [2.45, 2.75) is 6.92 Å². The maximum absolute atomic E-state index is 12.9. The molecule has 1 aromatic carbocycles. The van der Waals surface area contributed by atoms with Crippen LogP contribution in [0.5, 0.6) is 0 Å². The summed E-state index contributed by atoms with van der Waals surface area (Å²) in [5, 5.41) is 3.79. The summed E-state index contributed by atoms with van der Waals surface area (Å²) in [6.45, 7) is 2.42. The summed E-state index contributed by atoms with van der Waals surface area (Å²) in [7, 11) is 0. The highest BCUT2D eigenvalue weighted by molar-refractivity contribution is 6.02. The van der Waals surface area contributed by atoms with Crippen molar-refractivity contribution >= 4 is 5.71 Å². The Bertz CT molecular complexity index is 390. The highest BCUT2D eigenvalue weighted by Crippen LogP contribution is 2.18. The summed E-state index contributed by atoms with van der Waals surface area (Å²) < 4.78 is 25.5. The lowest BCUT2D eigenvalue weighted by Crippen LogP contribution is -2.10. The van der Waals surface area contributed by atoms with E-state index in [2.05, 4.69) is 5.16 Å². The van der Waals surface area contributed by atoms with Crippen LogP contribution in [0.2, 0.25) is 0 Å². The summed E-state index contributed by atoms with van der Waals surface area (Å²) in [5.41, 5.74) is 1.25. The first-order valence-corrected chi connectivity index (χ1v) is 4.34. The minimum atomic E-state index is -0.857. The molecular formula is C10H9F2NO. The number of hydrogen-bond acceptors (Lipinski definition) is 2. The van der Waals surface area contributed by atoms with Crippen LogP contribution in [-0.2, 0) is 4.84 Å². The van der Waals surface area contributed by atoms with Crippen LogP contribution >= 0.6 is 0 Å². The second-order valence-corrected chi connectivity index (χ2v) is 3.30. The van der Waals surface area contributed by atoms with E-state index in [9.17, 15) is 8.78 Å². The number of halogens is 2. The summed E-state index contributed by atoms with van der Waals surface area (Å²) in [6.07, 6.45) is 0. The number of hydrogen-bond donors (Lipinski definition) is 0. The van der Waals surface area contributed by atoms with Gasteiger partial charge < -0.3 is 4.84 Å². The van der Waals surface area contributed by atoms with Crippen molar-refractivity contribution in [3.05, 3.63) is 35.4 Å². The van der Waals surface area contributed by atoms with E-state index in [0.717, 1.165) is 12.1 Å². The van der Waals surface area contributed by atoms with E-state index in [1.54, 1.807) is 0 Å². The van der Waals surface area contributed by atoms with E-state index < -0.39 is 11.6 Å². The maximum Gasteiger partial charge on any atom is 0.159 e. The zero-order valence-corrected chi connectivity index (χ0v) is 7.63. The van der Waals surface area contributed by atoms with Crippen LogP contribution in [0.15, 0.2) is 23.4 Å². The van der Waals surface area contributed by atoms with Gasteiger partial charge in [-0.2, -0.15) is 0 Å². The zero-order chi connectivity index (χ0) is 10.1. The van der Waals surface area contributed by atoms with Crippen LogP contribution < -0.4 is 0 Å². The number of nitrogens with zero attached hydrogens (tertiary/aromatic N) is 1. The standard InChI is InChI=1S/C10H9F2NO/c1-6-5-14-13-10(6)7-2-3-8(11)9(12)4-7/h2-4,6H,5H2,1H3. The molecule has 1 atom stereocenters. The van der Waals surface area contributed by atoms with Crippen LogP contribution in [-0.4, -0.2) is 12.3 Å². The quantitative estimate of drug-likeness (QED) is 0.677. The monoisotopic (exact) mass is 197 g/mol. The van der Waals surface area contributed by atoms with Crippen molar-refractivity contribution in [1.82, 2.24) is 0 Å². The predicted octanol–water partition coefficient (Wildman–Crippen LogP) is 2.34. The van der Waals surface area contributed by atoms with Crippen molar-refractivity contribution in [2.75, 3.05) is 6.61 Å². The number of benzene rings is 1. The van der Waals surface area contributed by atoms with Gasteiger partial charge in [0.2, 0.25) is 0 Å². The van der Waals surface area contributed by atoms with Gasteiger partial charge in [-0.3, -0.25) is 0 Å². The number of oxime groups is 1. The summed E-state index contributed by atoms with van der Waals surface area (Å²) in [5.74, 6) is -1.58. The molecule has 0 radical (unpaired) electrons. The van der Waals surface area contributed by atoms with Gasteiger partial charge in [-0.25, -0.2) is 8.78 Å². The van der Waals surface area contributed by atoms with Gasteiger partial charge in [-0.1, -0.05) is 12.1 Å². The van der Waals surface area contributed by atoms with Gasteiger partial charge >= 0.3 is 0 Å². The molecule has 14 heavy (non-hydrogen) atoms. The predicted molar refractivity (Wildman–Crippen MR) is 48.0 cm³/mol. The smallest absolute Gasteiger partial charge is 0.159 e. The van der Waals surface area contributed by atoms with E-state index in [-0.39, 0.29) is 5.92 Å². The Morgan fingerprint density at radius 2 is 2.14 bits per heavy atom. The molecule has 1 heterocycles. The third-order valence-corrected chi connectivity index (χ3v) is 2.17. The maximum atomic E-state index is 12.9. The van der Waals surface area contributed by atoms with E-state index in [0.29, 0.717) is 17.9 Å².